The zero-order chi connectivity index (χ0) is 14.8. The Labute approximate surface area is 127 Å². The van der Waals surface area contributed by atoms with Gasteiger partial charge < -0.3 is 10.3 Å². The zero-order valence-electron chi connectivity index (χ0n) is 12.1. The van der Waals surface area contributed by atoms with Crippen molar-refractivity contribution in [2.24, 2.45) is 11.1 Å². The smallest absolute Gasteiger partial charge is 0.228 e. The Bertz CT molecular complexity index is 574. The lowest BCUT2D eigenvalue weighted by Crippen LogP contribution is -2.37. The highest BCUT2D eigenvalue weighted by Gasteiger charge is 2.23. The summed E-state index contributed by atoms with van der Waals surface area (Å²) in [5.74, 6) is 1.29. The Balaban J connectivity index is 2.05. The number of hydrogen-bond donors (Lipinski definition) is 1. The molecule has 2 rings (SSSR count). The lowest BCUT2D eigenvalue weighted by atomic mass is 9.85. The van der Waals surface area contributed by atoms with Gasteiger partial charge in [-0.15, -0.1) is 0 Å². The van der Waals surface area contributed by atoms with Gasteiger partial charge in [-0.3, -0.25) is 0 Å². The van der Waals surface area contributed by atoms with Crippen LogP contribution in [0.25, 0.3) is 0 Å². The molecule has 1 unspecified atom stereocenters. The number of benzene rings is 1. The van der Waals surface area contributed by atoms with Gasteiger partial charge in [-0.1, -0.05) is 60.1 Å². The van der Waals surface area contributed by atoms with E-state index in [1.54, 1.807) is 0 Å². The van der Waals surface area contributed by atoms with Crippen LogP contribution in [0.15, 0.2) is 33.3 Å². The van der Waals surface area contributed by atoms with Crippen molar-refractivity contribution in [1.29, 1.82) is 0 Å². The zero-order valence-corrected chi connectivity index (χ0v) is 13.6. The summed E-state index contributed by atoms with van der Waals surface area (Å²) in [6.07, 6.45) is 1.25. The van der Waals surface area contributed by atoms with Gasteiger partial charge in [0.2, 0.25) is 5.89 Å². The minimum Gasteiger partial charge on any atom is -0.339 e. The van der Waals surface area contributed by atoms with Crippen LogP contribution in [-0.4, -0.2) is 16.2 Å². The first-order chi connectivity index (χ1) is 9.36. The third kappa shape index (κ3) is 3.90. The molecular weight excluding hydrogens is 318 g/mol. The average Bonchev–Trinajstić information content (AvgIpc) is 2.78. The molecule has 0 saturated heterocycles. The molecule has 1 atom stereocenters. The Morgan fingerprint density at radius 2 is 2.00 bits per heavy atom. The molecule has 0 spiro atoms. The average molecular weight is 338 g/mol. The second-order valence-electron chi connectivity index (χ2n) is 6.05. The van der Waals surface area contributed by atoms with Crippen molar-refractivity contribution in [3.8, 4) is 0 Å². The first-order valence-corrected chi connectivity index (χ1v) is 7.46. The molecule has 20 heavy (non-hydrogen) atoms. The number of hydrogen-bond acceptors (Lipinski definition) is 4. The van der Waals surface area contributed by atoms with Crippen LogP contribution in [0.5, 0.6) is 0 Å². The molecule has 0 aliphatic rings. The number of nitrogens with zero attached hydrogens (tertiary/aromatic N) is 2. The summed E-state index contributed by atoms with van der Waals surface area (Å²) in [5, 5.41) is 4.03. The van der Waals surface area contributed by atoms with Gasteiger partial charge in [0, 0.05) is 23.4 Å². The van der Waals surface area contributed by atoms with Crippen LogP contribution in [-0.2, 0) is 12.8 Å². The minimum atomic E-state index is -0.000684. The highest BCUT2D eigenvalue weighted by molar-refractivity contribution is 9.10. The van der Waals surface area contributed by atoms with Crippen LogP contribution in [0.4, 0.5) is 0 Å². The summed E-state index contributed by atoms with van der Waals surface area (Å²) in [5.41, 5.74) is 7.30. The van der Waals surface area contributed by atoms with Crippen molar-refractivity contribution >= 4 is 15.9 Å². The quantitative estimate of drug-likeness (QED) is 0.929. The summed E-state index contributed by atoms with van der Waals surface area (Å²) in [6.45, 7) is 6.32. The van der Waals surface area contributed by atoms with Gasteiger partial charge in [-0.05, 0) is 17.0 Å². The summed E-state index contributed by atoms with van der Waals surface area (Å²) >= 11 is 3.52. The Hall–Kier alpha value is -1.20. The Morgan fingerprint density at radius 3 is 2.65 bits per heavy atom. The van der Waals surface area contributed by atoms with Crippen LogP contribution in [0.3, 0.4) is 0 Å². The van der Waals surface area contributed by atoms with Crippen molar-refractivity contribution in [3.63, 3.8) is 0 Å². The first kappa shape index (κ1) is 15.2. The molecule has 108 valence electrons. The lowest BCUT2D eigenvalue weighted by molar-refractivity contribution is 0.285. The van der Waals surface area contributed by atoms with E-state index in [0.29, 0.717) is 24.6 Å². The molecule has 0 saturated carbocycles. The van der Waals surface area contributed by atoms with E-state index in [1.807, 2.05) is 24.3 Å². The van der Waals surface area contributed by atoms with E-state index < -0.39 is 0 Å². The van der Waals surface area contributed by atoms with Gasteiger partial charge in [-0.25, -0.2) is 0 Å². The van der Waals surface area contributed by atoms with Crippen LogP contribution >= 0.6 is 15.9 Å². The third-order valence-corrected chi connectivity index (χ3v) is 4.10. The highest BCUT2D eigenvalue weighted by atomic mass is 79.9. The van der Waals surface area contributed by atoms with E-state index in [2.05, 4.69) is 46.8 Å². The molecule has 0 bridgehead atoms. The van der Waals surface area contributed by atoms with Crippen molar-refractivity contribution in [1.82, 2.24) is 10.1 Å². The number of rotatable bonds is 4. The number of nitrogens with two attached hydrogens (primary N) is 1. The fourth-order valence-corrected chi connectivity index (χ4v) is 2.18. The van der Waals surface area contributed by atoms with Gasteiger partial charge in [0.05, 0.1) is 0 Å². The molecule has 5 heteroatoms. The van der Waals surface area contributed by atoms with E-state index in [4.69, 9.17) is 10.3 Å². The molecule has 0 fully saturated rings. The standard InChI is InChI=1S/C15H20BrN3O/c1-15(2,3)12(17)9-14-18-13(19-20-14)8-10-6-4-5-7-11(10)16/h4-7,12H,8-9,17H2,1-3H3. The lowest BCUT2D eigenvalue weighted by Gasteiger charge is -2.25. The van der Waals surface area contributed by atoms with Gasteiger partial charge >= 0.3 is 0 Å². The second kappa shape index (κ2) is 6.06. The van der Waals surface area contributed by atoms with Gasteiger partial charge in [0.15, 0.2) is 5.82 Å². The largest absolute Gasteiger partial charge is 0.339 e. The van der Waals surface area contributed by atoms with E-state index in [-0.39, 0.29) is 11.5 Å². The van der Waals surface area contributed by atoms with Gasteiger partial charge in [0.1, 0.15) is 0 Å². The van der Waals surface area contributed by atoms with Crippen molar-refractivity contribution in [2.75, 3.05) is 0 Å². The number of aromatic nitrogens is 2. The van der Waals surface area contributed by atoms with Crippen molar-refractivity contribution in [3.05, 3.63) is 46.0 Å². The molecule has 0 radical (unpaired) electrons. The molecular formula is C15H20BrN3O. The van der Waals surface area contributed by atoms with E-state index in [1.165, 1.54) is 0 Å². The molecule has 2 N–H and O–H groups in total. The van der Waals surface area contributed by atoms with Crippen LogP contribution < -0.4 is 5.73 Å². The number of halogens is 1. The molecule has 0 aliphatic carbocycles. The van der Waals surface area contributed by atoms with Crippen molar-refractivity contribution in [2.45, 2.75) is 39.7 Å². The first-order valence-electron chi connectivity index (χ1n) is 6.66. The minimum absolute atomic E-state index is 0.000684. The summed E-state index contributed by atoms with van der Waals surface area (Å²) < 4.78 is 6.34. The predicted octanol–water partition coefficient (Wildman–Crippen LogP) is 3.34. The van der Waals surface area contributed by atoms with Crippen LogP contribution in [0.2, 0.25) is 0 Å². The maximum Gasteiger partial charge on any atom is 0.228 e. The van der Waals surface area contributed by atoms with Gasteiger partial charge in [0.25, 0.3) is 0 Å². The Morgan fingerprint density at radius 1 is 1.30 bits per heavy atom. The highest BCUT2D eigenvalue weighted by Crippen LogP contribution is 2.21. The summed E-state index contributed by atoms with van der Waals surface area (Å²) in [4.78, 5) is 4.42. The SMILES string of the molecule is CC(C)(C)C(N)Cc1nc(Cc2ccccc2Br)no1. The Kier molecular flexibility index (Phi) is 4.60. The predicted molar refractivity (Wildman–Crippen MR) is 82.4 cm³/mol. The fourth-order valence-electron chi connectivity index (χ4n) is 1.75. The van der Waals surface area contributed by atoms with E-state index in [9.17, 15) is 0 Å². The molecule has 1 heterocycles. The fraction of sp³-hybridized carbons (Fsp3) is 0.467. The molecule has 1 aromatic carbocycles. The van der Waals surface area contributed by atoms with Crippen LogP contribution in [0, 0.1) is 5.41 Å². The van der Waals surface area contributed by atoms with Gasteiger partial charge in [-0.2, -0.15) is 4.98 Å². The molecule has 0 aliphatic heterocycles. The molecule has 2 aromatic rings. The van der Waals surface area contributed by atoms with E-state index >= 15 is 0 Å². The van der Waals surface area contributed by atoms with Crippen molar-refractivity contribution < 1.29 is 4.52 Å². The summed E-state index contributed by atoms with van der Waals surface area (Å²) in [7, 11) is 0. The maximum absolute atomic E-state index is 6.13. The third-order valence-electron chi connectivity index (χ3n) is 3.32. The monoisotopic (exact) mass is 337 g/mol. The van der Waals surface area contributed by atoms with Crippen LogP contribution in [0.1, 0.15) is 38.0 Å². The molecule has 1 aromatic heterocycles. The second-order valence-corrected chi connectivity index (χ2v) is 6.90. The summed E-state index contributed by atoms with van der Waals surface area (Å²) in [6, 6.07) is 8.03. The maximum atomic E-state index is 6.13. The normalized spacial score (nSPS) is 13.4. The topological polar surface area (TPSA) is 64.9 Å². The van der Waals surface area contributed by atoms with E-state index in [0.717, 1.165) is 10.0 Å². The molecule has 0 amide bonds. The molecule has 4 nitrogen and oxygen atoms in total.